The van der Waals surface area contributed by atoms with E-state index in [9.17, 15) is 5.11 Å². The zero-order chi connectivity index (χ0) is 16.2. The summed E-state index contributed by atoms with van der Waals surface area (Å²) in [6.45, 7) is 8.97. The van der Waals surface area contributed by atoms with Crippen LogP contribution in [0.25, 0.3) is 0 Å². The normalized spacial score (nSPS) is 14.3. The third-order valence-corrected chi connectivity index (χ3v) is 4.41. The molecule has 0 saturated heterocycles. The molecule has 0 saturated carbocycles. The minimum absolute atomic E-state index is 0.0694. The van der Waals surface area contributed by atoms with Crippen molar-refractivity contribution in [2.24, 2.45) is 5.92 Å². The number of aliphatic hydroxyl groups excluding tert-OH is 1. The van der Waals surface area contributed by atoms with E-state index < -0.39 is 0 Å². The Morgan fingerprint density at radius 3 is 2.43 bits per heavy atom. The average Bonchev–Trinajstić information content (AvgIpc) is 2.45. The lowest BCUT2D eigenvalue weighted by Gasteiger charge is -2.32. The second-order valence-corrected chi connectivity index (χ2v) is 6.34. The third kappa shape index (κ3) is 4.12. The first kappa shape index (κ1) is 18.3. The van der Waals surface area contributed by atoms with Gasteiger partial charge < -0.3 is 14.7 Å². The number of halogens is 1. The lowest BCUT2D eigenvalue weighted by atomic mass is 9.89. The van der Waals surface area contributed by atoms with Crippen LogP contribution in [0.5, 0.6) is 5.75 Å². The van der Waals surface area contributed by atoms with E-state index in [-0.39, 0.29) is 18.6 Å². The van der Waals surface area contributed by atoms with Crippen molar-refractivity contribution in [3.8, 4) is 5.75 Å². The average molecular weight is 314 g/mol. The van der Waals surface area contributed by atoms with E-state index in [0.717, 1.165) is 33.9 Å². The van der Waals surface area contributed by atoms with Crippen LogP contribution in [0.1, 0.15) is 43.0 Å². The van der Waals surface area contributed by atoms with Crippen LogP contribution in [0, 0.1) is 19.8 Å². The van der Waals surface area contributed by atoms with E-state index in [1.807, 2.05) is 40.9 Å². The zero-order valence-electron chi connectivity index (χ0n) is 14.0. The molecule has 0 aliphatic carbocycles. The highest BCUT2D eigenvalue weighted by Gasteiger charge is 2.27. The molecule has 0 aliphatic heterocycles. The van der Waals surface area contributed by atoms with Crippen molar-refractivity contribution in [1.29, 1.82) is 0 Å². The Morgan fingerprint density at radius 2 is 1.95 bits per heavy atom. The van der Waals surface area contributed by atoms with Gasteiger partial charge in [0.15, 0.2) is 0 Å². The Balaban J connectivity index is 3.44. The second-order valence-electron chi connectivity index (χ2n) is 5.96. The predicted octanol–water partition coefficient (Wildman–Crippen LogP) is 3.98. The third-order valence-electron chi connectivity index (χ3n) is 3.83. The molecule has 3 nitrogen and oxygen atoms in total. The Morgan fingerprint density at radius 1 is 1.33 bits per heavy atom. The lowest BCUT2D eigenvalue weighted by Crippen LogP contribution is -2.29. The summed E-state index contributed by atoms with van der Waals surface area (Å²) >= 11 is 6.45. The summed E-state index contributed by atoms with van der Waals surface area (Å²) in [6, 6.07) is 2.08. The van der Waals surface area contributed by atoms with Crippen LogP contribution in [-0.2, 0) is 0 Å². The molecule has 1 rings (SSSR count). The number of aliphatic hydroxyl groups is 1. The molecular formula is C17H28ClNO2. The number of hydrogen-bond acceptors (Lipinski definition) is 3. The molecule has 120 valence electrons. The van der Waals surface area contributed by atoms with Gasteiger partial charge in [0.1, 0.15) is 5.75 Å². The van der Waals surface area contributed by atoms with Gasteiger partial charge in [-0.2, -0.15) is 0 Å². The molecule has 0 radical (unpaired) electrons. The largest absolute Gasteiger partial charge is 0.493 e. The van der Waals surface area contributed by atoms with E-state index in [0.29, 0.717) is 6.61 Å². The Hall–Kier alpha value is -0.770. The van der Waals surface area contributed by atoms with Gasteiger partial charge in [-0.3, -0.25) is 0 Å². The van der Waals surface area contributed by atoms with Gasteiger partial charge in [0.05, 0.1) is 6.61 Å². The zero-order valence-corrected chi connectivity index (χ0v) is 14.8. The van der Waals surface area contributed by atoms with Crippen LogP contribution in [0.15, 0.2) is 6.07 Å². The summed E-state index contributed by atoms with van der Waals surface area (Å²) in [6.07, 6.45) is 0.961. The molecule has 0 aliphatic rings. The molecule has 0 amide bonds. The molecule has 0 heterocycles. The number of nitrogens with zero attached hydrogens (tertiary/aromatic N) is 1. The standard InChI is InChI=1S/C17H28ClNO2/c1-7-8-21-14-9-11(2)16(18)13(4)15(14)17(19(5)6)12(3)10-20/h9,12,17,20H,7-8,10H2,1-6H3. The smallest absolute Gasteiger partial charge is 0.124 e. The van der Waals surface area contributed by atoms with E-state index >= 15 is 0 Å². The van der Waals surface area contributed by atoms with Gasteiger partial charge in [-0.25, -0.2) is 0 Å². The number of benzene rings is 1. The monoisotopic (exact) mass is 313 g/mol. The van der Waals surface area contributed by atoms with Gasteiger partial charge in [0.25, 0.3) is 0 Å². The van der Waals surface area contributed by atoms with Gasteiger partial charge >= 0.3 is 0 Å². The van der Waals surface area contributed by atoms with Crippen molar-refractivity contribution in [2.75, 3.05) is 27.3 Å². The molecular weight excluding hydrogens is 286 g/mol. The van der Waals surface area contributed by atoms with Crippen LogP contribution in [0.3, 0.4) is 0 Å². The van der Waals surface area contributed by atoms with Gasteiger partial charge in [-0.1, -0.05) is 25.4 Å². The van der Waals surface area contributed by atoms with Crippen molar-refractivity contribution in [3.05, 3.63) is 27.8 Å². The van der Waals surface area contributed by atoms with Crippen LogP contribution < -0.4 is 4.74 Å². The predicted molar refractivity (Wildman–Crippen MR) is 89.4 cm³/mol. The van der Waals surface area contributed by atoms with Crippen LogP contribution in [0.4, 0.5) is 0 Å². The molecule has 4 heteroatoms. The van der Waals surface area contributed by atoms with Gasteiger partial charge in [-0.05, 0) is 57.5 Å². The fraction of sp³-hybridized carbons (Fsp3) is 0.647. The molecule has 0 aromatic heterocycles. The van der Waals surface area contributed by atoms with E-state index in [4.69, 9.17) is 16.3 Å². The van der Waals surface area contributed by atoms with E-state index in [1.165, 1.54) is 0 Å². The molecule has 2 unspecified atom stereocenters. The summed E-state index contributed by atoms with van der Waals surface area (Å²) in [5.74, 6) is 0.983. The van der Waals surface area contributed by atoms with Crippen LogP contribution in [-0.4, -0.2) is 37.3 Å². The number of ether oxygens (including phenoxy) is 1. The SMILES string of the molecule is CCCOc1cc(C)c(Cl)c(C)c1C(C(C)CO)N(C)C. The molecule has 0 bridgehead atoms. The highest BCUT2D eigenvalue weighted by atomic mass is 35.5. The summed E-state index contributed by atoms with van der Waals surface area (Å²) < 4.78 is 5.96. The topological polar surface area (TPSA) is 32.7 Å². The van der Waals surface area contributed by atoms with Gasteiger partial charge in [0.2, 0.25) is 0 Å². The maximum absolute atomic E-state index is 9.60. The van der Waals surface area contributed by atoms with Crippen molar-refractivity contribution in [1.82, 2.24) is 4.90 Å². The molecule has 1 N–H and O–H groups in total. The molecule has 0 fully saturated rings. The summed E-state index contributed by atoms with van der Waals surface area (Å²) in [5, 5.41) is 10.4. The number of aryl methyl sites for hydroxylation is 1. The van der Waals surface area contributed by atoms with Gasteiger partial charge in [-0.15, -0.1) is 0 Å². The fourth-order valence-corrected chi connectivity index (χ4v) is 2.94. The quantitative estimate of drug-likeness (QED) is 0.826. The maximum atomic E-state index is 9.60. The first-order valence-electron chi connectivity index (χ1n) is 7.54. The van der Waals surface area contributed by atoms with Crippen LogP contribution >= 0.6 is 11.6 Å². The molecule has 1 aromatic carbocycles. The van der Waals surface area contributed by atoms with Crippen LogP contribution in [0.2, 0.25) is 5.02 Å². The summed E-state index contributed by atoms with van der Waals surface area (Å²) in [4.78, 5) is 2.12. The molecule has 1 aromatic rings. The van der Waals surface area contributed by atoms with Crippen molar-refractivity contribution >= 4 is 11.6 Å². The molecule has 2 atom stereocenters. The first-order chi connectivity index (χ1) is 9.84. The highest BCUT2D eigenvalue weighted by molar-refractivity contribution is 6.32. The summed E-state index contributed by atoms with van der Waals surface area (Å²) in [7, 11) is 4.04. The Kier molecular flexibility index (Phi) is 6.98. The second kappa shape index (κ2) is 8.02. The molecule has 0 spiro atoms. The Labute approximate surface area is 133 Å². The van der Waals surface area contributed by atoms with Crippen molar-refractivity contribution in [3.63, 3.8) is 0 Å². The number of hydrogen-bond donors (Lipinski definition) is 1. The lowest BCUT2D eigenvalue weighted by molar-refractivity contribution is 0.142. The van der Waals surface area contributed by atoms with E-state index in [2.05, 4.69) is 11.8 Å². The number of rotatable bonds is 7. The summed E-state index contributed by atoms with van der Waals surface area (Å²) in [5.41, 5.74) is 3.16. The first-order valence-corrected chi connectivity index (χ1v) is 7.92. The van der Waals surface area contributed by atoms with E-state index in [1.54, 1.807) is 0 Å². The highest BCUT2D eigenvalue weighted by Crippen LogP contribution is 2.40. The van der Waals surface area contributed by atoms with Gasteiger partial charge in [0, 0.05) is 23.2 Å². The minimum atomic E-state index is 0.0694. The maximum Gasteiger partial charge on any atom is 0.124 e. The van der Waals surface area contributed by atoms with Crippen molar-refractivity contribution in [2.45, 2.75) is 40.2 Å². The fourth-order valence-electron chi connectivity index (χ4n) is 2.79. The Bertz CT molecular complexity index is 474. The molecule has 21 heavy (non-hydrogen) atoms. The van der Waals surface area contributed by atoms with Crippen molar-refractivity contribution < 1.29 is 9.84 Å². The minimum Gasteiger partial charge on any atom is -0.493 e.